The van der Waals surface area contributed by atoms with Gasteiger partial charge in [0.25, 0.3) is 5.91 Å². The minimum absolute atomic E-state index is 0.209. The molecular weight excluding hydrogens is 535 g/mol. The second kappa shape index (κ2) is 8.67. The number of hydrogen-bond donors (Lipinski definition) is 3. The van der Waals surface area contributed by atoms with Crippen LogP contribution in [0.15, 0.2) is 28.5 Å². The average Bonchev–Trinajstić information content (AvgIpc) is 3.29. The van der Waals surface area contributed by atoms with Crippen LogP contribution in [0, 0.1) is 3.57 Å². The fraction of sp³-hybridized carbons (Fsp3) is 0.368. The maximum Gasteiger partial charge on any atom is 0.251 e. The number of nitrogens with zero attached hydrogens (tertiary/aromatic N) is 4. The molecule has 0 fully saturated rings. The molecule has 0 unspecified atom stereocenters. The third-order valence-corrected chi connectivity index (χ3v) is 6.86. The van der Waals surface area contributed by atoms with E-state index in [4.69, 9.17) is 15.2 Å². The molecule has 0 saturated carbocycles. The maximum absolute atomic E-state index is 11.9. The number of nitrogens with two attached hydrogens (primary N) is 1. The fourth-order valence-electron chi connectivity index (χ4n) is 2.94. The van der Waals surface area contributed by atoms with Gasteiger partial charge in [0.2, 0.25) is 6.79 Å². The summed E-state index contributed by atoms with van der Waals surface area (Å²) in [5, 5.41) is 13.2. The number of ether oxygens (including phenoxy) is 2. The van der Waals surface area contributed by atoms with E-state index in [1.54, 1.807) is 0 Å². The molecular formula is C19H21IN6O4S. The summed E-state index contributed by atoms with van der Waals surface area (Å²) in [5.74, 6) is 1.31. The fourth-order valence-corrected chi connectivity index (χ4v) is 4.66. The van der Waals surface area contributed by atoms with Gasteiger partial charge in [-0.15, -0.1) is 0 Å². The highest BCUT2D eigenvalue weighted by Crippen LogP contribution is 2.41. The van der Waals surface area contributed by atoms with Gasteiger partial charge in [-0.05, 0) is 55.0 Å². The van der Waals surface area contributed by atoms with Crippen molar-refractivity contribution in [3.8, 4) is 11.5 Å². The number of nitrogen functional groups attached to an aromatic ring is 1. The summed E-state index contributed by atoms with van der Waals surface area (Å²) < 4.78 is 13.9. The van der Waals surface area contributed by atoms with Crippen molar-refractivity contribution in [1.29, 1.82) is 0 Å². The van der Waals surface area contributed by atoms with Crippen molar-refractivity contribution >= 4 is 57.2 Å². The van der Waals surface area contributed by atoms with Gasteiger partial charge in [0.15, 0.2) is 33.6 Å². The summed E-state index contributed by atoms with van der Waals surface area (Å²) in [5.41, 5.74) is 5.76. The molecule has 0 spiro atoms. The zero-order valence-corrected chi connectivity index (χ0v) is 19.9. The summed E-state index contributed by atoms with van der Waals surface area (Å²) in [7, 11) is 0. The Morgan fingerprint density at radius 2 is 2.10 bits per heavy atom. The third-order valence-electron chi connectivity index (χ3n) is 4.55. The molecule has 12 heteroatoms. The van der Waals surface area contributed by atoms with Gasteiger partial charge < -0.3 is 30.2 Å². The molecule has 3 heterocycles. The van der Waals surface area contributed by atoms with Crippen LogP contribution >= 0.6 is 34.4 Å². The minimum Gasteiger partial charge on any atom is -0.454 e. The number of aromatic nitrogens is 4. The zero-order valence-electron chi connectivity index (χ0n) is 16.9. The molecule has 0 radical (unpaired) electrons. The summed E-state index contributed by atoms with van der Waals surface area (Å²) in [4.78, 5) is 25.9. The zero-order chi connectivity index (χ0) is 22.2. The molecule has 4 rings (SSSR count). The van der Waals surface area contributed by atoms with Gasteiger partial charge in [0.1, 0.15) is 11.9 Å². The number of rotatable bonds is 7. The monoisotopic (exact) mass is 556 g/mol. The smallest absolute Gasteiger partial charge is 0.251 e. The Bertz CT molecular complexity index is 1150. The van der Waals surface area contributed by atoms with Crippen molar-refractivity contribution in [2.75, 3.05) is 19.1 Å². The Morgan fingerprint density at radius 3 is 2.84 bits per heavy atom. The van der Waals surface area contributed by atoms with E-state index >= 15 is 0 Å². The van der Waals surface area contributed by atoms with E-state index in [0.717, 1.165) is 14.2 Å². The number of hydrogen-bond acceptors (Lipinski definition) is 9. The first-order chi connectivity index (χ1) is 14.7. The molecule has 1 amide bonds. The number of aliphatic hydroxyl groups is 1. The Hall–Kier alpha value is -2.32. The standard InChI is InChI=1S/C19H21IN6O4S/c1-19(2,28)17(27)22-4-3-5-26-16-14(15(21)23-8-24-16)25-18(26)31-13-7-12-11(6-10(13)20)29-9-30-12/h6-8,28H,3-5,9H2,1-2H3,(H,22,27)(H2,21,23,24). The molecule has 2 aromatic heterocycles. The number of fused-ring (bicyclic) bond motifs is 2. The predicted octanol–water partition coefficient (Wildman–Crippen LogP) is 2.17. The van der Waals surface area contributed by atoms with E-state index in [9.17, 15) is 9.90 Å². The SMILES string of the molecule is CC(C)(O)C(=O)NCCCn1c(Sc2cc3c(cc2I)OCO3)nc2c(N)ncnc21. The first-order valence-corrected chi connectivity index (χ1v) is 11.4. The van der Waals surface area contributed by atoms with Gasteiger partial charge in [-0.1, -0.05) is 11.8 Å². The second-order valence-electron chi connectivity index (χ2n) is 7.38. The third kappa shape index (κ3) is 4.65. The number of benzene rings is 1. The van der Waals surface area contributed by atoms with Crippen molar-refractivity contribution in [3.63, 3.8) is 0 Å². The van der Waals surface area contributed by atoms with Crippen molar-refractivity contribution in [3.05, 3.63) is 22.0 Å². The summed E-state index contributed by atoms with van der Waals surface area (Å²) in [6.07, 6.45) is 2.02. The van der Waals surface area contributed by atoms with Crippen LogP contribution in [0.4, 0.5) is 5.82 Å². The molecule has 0 atom stereocenters. The number of halogens is 1. The summed E-state index contributed by atoms with van der Waals surface area (Å²) in [6.45, 7) is 4.05. The van der Waals surface area contributed by atoms with Gasteiger partial charge in [-0.2, -0.15) is 0 Å². The van der Waals surface area contributed by atoms with Crippen LogP contribution in [0.25, 0.3) is 11.2 Å². The number of anilines is 1. The van der Waals surface area contributed by atoms with Gasteiger partial charge in [-0.3, -0.25) is 4.79 Å². The predicted molar refractivity (Wildman–Crippen MR) is 123 cm³/mol. The molecule has 0 aliphatic carbocycles. The lowest BCUT2D eigenvalue weighted by Gasteiger charge is -2.16. The topological polar surface area (TPSA) is 137 Å². The first kappa shape index (κ1) is 21.9. The number of amides is 1. The molecule has 164 valence electrons. The summed E-state index contributed by atoms with van der Waals surface area (Å²) >= 11 is 3.72. The molecule has 31 heavy (non-hydrogen) atoms. The molecule has 0 saturated heterocycles. The Kier molecular flexibility index (Phi) is 6.12. The highest BCUT2D eigenvalue weighted by Gasteiger charge is 2.23. The van der Waals surface area contributed by atoms with Crippen LogP contribution in [0.3, 0.4) is 0 Å². The van der Waals surface area contributed by atoms with E-state index in [1.807, 2.05) is 16.7 Å². The highest BCUT2D eigenvalue weighted by atomic mass is 127. The Morgan fingerprint density at radius 1 is 1.35 bits per heavy atom. The normalized spacial score (nSPS) is 13.0. The van der Waals surface area contributed by atoms with E-state index in [0.29, 0.717) is 47.4 Å². The quantitative estimate of drug-likeness (QED) is 0.295. The molecule has 3 aromatic rings. The molecule has 4 N–H and O–H groups in total. The number of carbonyl (C=O) groups is 1. The lowest BCUT2D eigenvalue weighted by Crippen LogP contribution is -2.42. The van der Waals surface area contributed by atoms with E-state index < -0.39 is 11.5 Å². The van der Waals surface area contributed by atoms with Gasteiger partial charge in [0.05, 0.1) is 0 Å². The molecule has 1 aliphatic rings. The van der Waals surface area contributed by atoms with Crippen molar-refractivity contribution in [2.24, 2.45) is 0 Å². The molecule has 0 bridgehead atoms. The van der Waals surface area contributed by atoms with Gasteiger partial charge in [-0.25, -0.2) is 15.0 Å². The number of nitrogens with one attached hydrogen (secondary N) is 1. The summed E-state index contributed by atoms with van der Waals surface area (Å²) in [6, 6.07) is 3.86. The van der Waals surface area contributed by atoms with Crippen LogP contribution in [0.2, 0.25) is 0 Å². The van der Waals surface area contributed by atoms with Crippen LogP contribution in [0.1, 0.15) is 20.3 Å². The van der Waals surface area contributed by atoms with Crippen molar-refractivity contribution in [1.82, 2.24) is 24.8 Å². The van der Waals surface area contributed by atoms with E-state index in [1.165, 1.54) is 31.9 Å². The van der Waals surface area contributed by atoms with Crippen molar-refractivity contribution < 1.29 is 19.4 Å². The molecule has 10 nitrogen and oxygen atoms in total. The van der Waals surface area contributed by atoms with E-state index in [-0.39, 0.29) is 6.79 Å². The average molecular weight is 556 g/mol. The minimum atomic E-state index is -1.42. The highest BCUT2D eigenvalue weighted by molar-refractivity contribution is 14.1. The van der Waals surface area contributed by atoms with Gasteiger partial charge >= 0.3 is 0 Å². The number of aryl methyl sites for hydroxylation is 1. The van der Waals surface area contributed by atoms with E-state index in [2.05, 4.69) is 42.9 Å². The van der Waals surface area contributed by atoms with Crippen LogP contribution in [-0.4, -0.2) is 49.5 Å². The largest absolute Gasteiger partial charge is 0.454 e. The lowest BCUT2D eigenvalue weighted by atomic mass is 10.1. The molecule has 1 aliphatic heterocycles. The van der Waals surface area contributed by atoms with Crippen LogP contribution < -0.4 is 20.5 Å². The van der Waals surface area contributed by atoms with Crippen molar-refractivity contribution in [2.45, 2.75) is 42.5 Å². The Balaban J connectivity index is 1.58. The second-order valence-corrected chi connectivity index (χ2v) is 9.55. The Labute approximate surface area is 196 Å². The van der Waals surface area contributed by atoms with Gasteiger partial charge in [0, 0.05) is 21.6 Å². The molecule has 1 aromatic carbocycles. The maximum atomic E-state index is 11.9. The van der Waals surface area contributed by atoms with Crippen LogP contribution in [-0.2, 0) is 11.3 Å². The number of imidazole rings is 1. The van der Waals surface area contributed by atoms with Crippen LogP contribution in [0.5, 0.6) is 11.5 Å². The lowest BCUT2D eigenvalue weighted by molar-refractivity contribution is -0.136. The first-order valence-electron chi connectivity index (χ1n) is 9.48. The number of carbonyl (C=O) groups excluding carboxylic acids is 1.